The Morgan fingerprint density at radius 1 is 0.620 bits per heavy atom. The largest absolute Gasteiger partial charge is 0.394 e. The lowest BCUT2D eigenvalue weighted by atomic mass is 9.84. The summed E-state index contributed by atoms with van der Waals surface area (Å²) in [5, 5.41) is 74.8. The summed E-state index contributed by atoms with van der Waals surface area (Å²) < 4.78 is 41.2. The fourth-order valence-electron chi connectivity index (χ4n) is 6.66. The Balaban J connectivity index is 1.27. The highest BCUT2D eigenvalue weighted by Gasteiger charge is 2.54. The first-order chi connectivity index (χ1) is 23.8. The van der Waals surface area contributed by atoms with Crippen LogP contribution in [-0.2, 0) is 39.8 Å². The number of nitrogens with two attached hydrogens (primary N) is 5. The summed E-state index contributed by atoms with van der Waals surface area (Å²) in [7, 11) is 0. The highest BCUT2D eigenvalue weighted by atomic mass is 35.5. The van der Waals surface area contributed by atoms with Gasteiger partial charge in [-0.3, -0.25) is 0 Å². The molecule has 20 heteroatoms. The van der Waals surface area contributed by atoms with Crippen molar-refractivity contribution in [1.29, 1.82) is 0 Å². The molecule has 1 saturated carbocycles. The second-order valence-electron chi connectivity index (χ2n) is 13.1. The third-order valence-corrected chi connectivity index (χ3v) is 9.90. The van der Waals surface area contributed by atoms with E-state index in [1.807, 2.05) is 0 Å². The van der Waals surface area contributed by atoms with Gasteiger partial charge < -0.3 is 97.6 Å². The predicted octanol–water partition coefficient (Wildman–Crippen LogP) is -5.98. The van der Waals surface area contributed by atoms with Gasteiger partial charge in [-0.2, -0.15) is 0 Å². The predicted molar refractivity (Wildman–Crippen MR) is 170 cm³/mol. The van der Waals surface area contributed by atoms with Crippen LogP contribution in [0.2, 0.25) is 5.02 Å². The molecule has 286 valence electrons. The minimum atomic E-state index is -1.63. The topological polar surface area (TPSA) is 336 Å². The molecule has 1 unspecified atom stereocenters. The SMILES string of the molecule is NCC1O[C@H](O[C@H]2[C@@H](O)[C@H](O[C@@H]3[C@@H](O)[C@H](N)C[C@H](N)[C@H]3O[C@@H]3O[C@H](CO)[C@@H](OCc4ccc(Cl)cc4)[C@H](O)[C@H]3N)O[C@@H]2CO)[C@H](N)[C@@H](O)[C@@H]1O. The first kappa shape index (κ1) is 39.9. The van der Waals surface area contributed by atoms with E-state index in [-0.39, 0.29) is 19.6 Å². The molecule has 0 aromatic heterocycles. The average Bonchev–Trinajstić information content (AvgIpc) is 3.40. The molecule has 19 nitrogen and oxygen atoms in total. The van der Waals surface area contributed by atoms with Gasteiger partial charge >= 0.3 is 0 Å². The molecule has 3 aliphatic heterocycles. The Morgan fingerprint density at radius 2 is 1.16 bits per heavy atom. The van der Waals surface area contributed by atoms with Gasteiger partial charge in [0.15, 0.2) is 18.9 Å². The highest BCUT2D eigenvalue weighted by molar-refractivity contribution is 6.30. The summed E-state index contributed by atoms with van der Waals surface area (Å²) in [6.07, 6.45) is -19.8. The quantitative estimate of drug-likeness (QED) is 0.0949. The lowest BCUT2D eigenvalue weighted by molar-refractivity contribution is -0.315. The van der Waals surface area contributed by atoms with E-state index in [1.165, 1.54) is 0 Å². The van der Waals surface area contributed by atoms with Crippen molar-refractivity contribution in [2.75, 3.05) is 19.8 Å². The first-order valence-corrected chi connectivity index (χ1v) is 16.8. The van der Waals surface area contributed by atoms with E-state index in [9.17, 15) is 35.7 Å². The maximum atomic E-state index is 11.3. The molecule has 3 heterocycles. The third-order valence-electron chi connectivity index (χ3n) is 9.65. The lowest BCUT2D eigenvalue weighted by Crippen LogP contribution is -2.68. The summed E-state index contributed by atoms with van der Waals surface area (Å²) in [5.41, 5.74) is 31.3. The molecule has 50 heavy (non-hydrogen) atoms. The Morgan fingerprint density at radius 3 is 1.78 bits per heavy atom. The molecule has 19 atom stereocenters. The summed E-state index contributed by atoms with van der Waals surface area (Å²) in [6, 6.07) is 2.60. The van der Waals surface area contributed by atoms with Gasteiger partial charge in [0.25, 0.3) is 0 Å². The molecule has 0 bridgehead atoms. The van der Waals surface area contributed by atoms with Gasteiger partial charge in [-0.1, -0.05) is 23.7 Å². The van der Waals surface area contributed by atoms with Crippen LogP contribution in [0, 0.1) is 0 Å². The minimum absolute atomic E-state index is 0.0582. The van der Waals surface area contributed by atoms with Crippen molar-refractivity contribution < 1.29 is 68.9 Å². The van der Waals surface area contributed by atoms with Crippen LogP contribution in [0.3, 0.4) is 0 Å². The number of halogens is 1. The molecule has 4 aliphatic rings. The molecule has 5 rings (SSSR count). The van der Waals surface area contributed by atoms with Gasteiger partial charge in [0, 0.05) is 23.7 Å². The molecule has 3 saturated heterocycles. The second kappa shape index (κ2) is 17.3. The number of ether oxygens (including phenoxy) is 7. The van der Waals surface area contributed by atoms with Crippen LogP contribution in [-0.4, -0.2) is 172 Å². The zero-order valence-corrected chi connectivity index (χ0v) is 27.8. The van der Waals surface area contributed by atoms with Crippen molar-refractivity contribution in [2.24, 2.45) is 28.7 Å². The smallest absolute Gasteiger partial charge is 0.187 e. The summed E-state index contributed by atoms with van der Waals surface area (Å²) in [4.78, 5) is 0. The fourth-order valence-corrected chi connectivity index (χ4v) is 6.79. The van der Waals surface area contributed by atoms with Crippen molar-refractivity contribution in [3.8, 4) is 0 Å². The van der Waals surface area contributed by atoms with Gasteiger partial charge in [0.1, 0.15) is 67.1 Å². The Kier molecular flexibility index (Phi) is 13.8. The molecule has 0 spiro atoms. The third kappa shape index (κ3) is 8.43. The maximum Gasteiger partial charge on any atom is 0.187 e. The van der Waals surface area contributed by atoms with E-state index in [1.54, 1.807) is 24.3 Å². The number of aliphatic hydroxyl groups excluding tert-OH is 7. The van der Waals surface area contributed by atoms with Crippen LogP contribution in [0.4, 0.5) is 0 Å². The molecular weight excluding hydrogens is 690 g/mol. The number of hydrogen-bond acceptors (Lipinski definition) is 19. The number of hydrogen-bond donors (Lipinski definition) is 12. The Labute approximate surface area is 293 Å². The highest BCUT2D eigenvalue weighted by Crippen LogP contribution is 2.34. The van der Waals surface area contributed by atoms with Gasteiger partial charge in [0.05, 0.1) is 38.0 Å². The van der Waals surface area contributed by atoms with E-state index < -0.39 is 129 Å². The van der Waals surface area contributed by atoms with Crippen LogP contribution < -0.4 is 28.7 Å². The minimum Gasteiger partial charge on any atom is -0.394 e. The average molecular weight is 740 g/mol. The molecule has 4 fully saturated rings. The van der Waals surface area contributed by atoms with Crippen molar-refractivity contribution >= 4 is 11.6 Å². The molecular formula is C30H50ClN5O14. The normalized spacial score (nSPS) is 47.0. The van der Waals surface area contributed by atoms with Crippen molar-refractivity contribution in [1.82, 2.24) is 0 Å². The van der Waals surface area contributed by atoms with E-state index in [0.717, 1.165) is 5.56 Å². The molecule has 0 amide bonds. The lowest BCUT2D eigenvalue weighted by Gasteiger charge is -2.47. The Hall–Kier alpha value is -1.25. The van der Waals surface area contributed by atoms with Crippen LogP contribution in [0.25, 0.3) is 0 Å². The summed E-state index contributed by atoms with van der Waals surface area (Å²) >= 11 is 5.95. The Bertz CT molecular complexity index is 1210. The molecule has 1 aromatic rings. The second-order valence-corrected chi connectivity index (χ2v) is 13.5. The van der Waals surface area contributed by atoms with Crippen molar-refractivity contribution in [3.63, 3.8) is 0 Å². The molecule has 1 aliphatic carbocycles. The van der Waals surface area contributed by atoms with Gasteiger partial charge in [-0.05, 0) is 24.1 Å². The standard InChI is InChI=1S/C30H50ClN5O14/c31-11-3-1-10(2-4-11)9-44-25-15(7-37)46-29(18(36)22(25)42)48-24-13(34)5-12(33)19(39)27(24)50-30-23(43)26(16(8-38)47-30)49-28-17(35)21(41)20(40)14(6-32)45-28/h1-4,12-30,37-43H,5-9,32-36H2/t12-,13+,14?,15-,16-,17-,18-,19+,20-,21-,22-,23-,24-,25-,26-,27-,28-,29+,30+/m1/s1. The number of rotatable bonds is 12. The zero-order valence-electron chi connectivity index (χ0n) is 27.1. The van der Waals surface area contributed by atoms with Gasteiger partial charge in [0.2, 0.25) is 0 Å². The van der Waals surface area contributed by atoms with Crippen LogP contribution in [0.1, 0.15) is 12.0 Å². The van der Waals surface area contributed by atoms with E-state index in [2.05, 4.69) is 0 Å². The summed E-state index contributed by atoms with van der Waals surface area (Å²) in [6.45, 7) is -1.34. The maximum absolute atomic E-state index is 11.3. The summed E-state index contributed by atoms with van der Waals surface area (Å²) in [5.74, 6) is 0. The number of aliphatic hydroxyl groups is 7. The van der Waals surface area contributed by atoms with E-state index in [0.29, 0.717) is 5.02 Å². The van der Waals surface area contributed by atoms with Gasteiger partial charge in [-0.25, -0.2) is 0 Å². The zero-order chi connectivity index (χ0) is 36.4. The van der Waals surface area contributed by atoms with E-state index >= 15 is 0 Å². The van der Waals surface area contributed by atoms with Crippen LogP contribution >= 0.6 is 11.6 Å². The van der Waals surface area contributed by atoms with E-state index in [4.69, 9.17) is 73.4 Å². The van der Waals surface area contributed by atoms with Crippen LogP contribution in [0.15, 0.2) is 24.3 Å². The number of benzene rings is 1. The van der Waals surface area contributed by atoms with Crippen LogP contribution in [0.5, 0.6) is 0 Å². The fraction of sp³-hybridized carbons (Fsp3) is 0.800. The molecule has 0 radical (unpaired) electrons. The molecule has 1 aromatic carbocycles. The van der Waals surface area contributed by atoms with Crippen molar-refractivity contribution in [3.05, 3.63) is 34.9 Å². The van der Waals surface area contributed by atoms with Crippen molar-refractivity contribution in [2.45, 2.75) is 129 Å². The molecule has 17 N–H and O–H groups in total. The first-order valence-electron chi connectivity index (χ1n) is 16.4. The monoisotopic (exact) mass is 739 g/mol. The van der Waals surface area contributed by atoms with Gasteiger partial charge in [-0.15, -0.1) is 0 Å².